The van der Waals surface area contributed by atoms with Gasteiger partial charge >= 0.3 is 0 Å². The predicted octanol–water partition coefficient (Wildman–Crippen LogP) is 1.13. The van der Waals surface area contributed by atoms with E-state index in [1.165, 1.54) is 6.92 Å². The highest BCUT2D eigenvalue weighted by molar-refractivity contribution is 6.44. The van der Waals surface area contributed by atoms with Crippen molar-refractivity contribution in [1.29, 1.82) is 0 Å². The first-order valence-corrected chi connectivity index (χ1v) is 3.34. The summed E-state index contributed by atoms with van der Waals surface area (Å²) in [5, 5.41) is 8.84. The fourth-order valence-electron chi connectivity index (χ4n) is 0.798. The summed E-state index contributed by atoms with van der Waals surface area (Å²) in [6.45, 7) is 1.38. The fourth-order valence-corrected chi connectivity index (χ4v) is 0.798. The number of nitrogens with zero attached hydrogens (tertiary/aromatic N) is 1. The van der Waals surface area contributed by atoms with Crippen LogP contribution in [0.2, 0.25) is 0 Å². The number of rotatable bonds is 2. The average Bonchev–Trinajstić information content (AvgIpc) is 2.05. The van der Waals surface area contributed by atoms with Gasteiger partial charge in [-0.15, -0.1) is 0 Å². The molecule has 0 unspecified atom stereocenters. The van der Waals surface area contributed by atoms with E-state index in [0.717, 1.165) is 0 Å². The zero-order chi connectivity index (χ0) is 8.27. The molecule has 55 valence electrons. The zero-order valence-corrected chi connectivity index (χ0v) is 6.24. The average molecular weight is 146 g/mol. The smallest absolute Gasteiger partial charge is 0.208 e. The number of Topliss-reactive ketones (excluding diaryl/α,β-unsaturated/α-hetero) is 1. The van der Waals surface area contributed by atoms with Crippen LogP contribution in [0.3, 0.4) is 0 Å². The van der Waals surface area contributed by atoms with Crippen molar-refractivity contribution in [3.63, 3.8) is 0 Å². The molecular formula is C9H8NO. The van der Waals surface area contributed by atoms with Crippen LogP contribution in [0.1, 0.15) is 17.3 Å². The van der Waals surface area contributed by atoms with Crippen LogP contribution in [0.25, 0.3) is 0 Å². The van der Waals surface area contributed by atoms with Gasteiger partial charge in [-0.25, -0.2) is 0 Å². The summed E-state index contributed by atoms with van der Waals surface area (Å²) in [5.41, 5.74) is 0.351. The standard InChI is InChI=1S/C9H8NO/c1-7(10)9(11)8-5-3-2-4-6-8/h2-6H,1H3. The Bertz CT molecular complexity index is 277. The monoisotopic (exact) mass is 146 g/mol. The van der Waals surface area contributed by atoms with Gasteiger partial charge < -0.3 is 0 Å². The van der Waals surface area contributed by atoms with E-state index in [1.54, 1.807) is 24.3 Å². The van der Waals surface area contributed by atoms with Crippen LogP contribution in [0.5, 0.6) is 0 Å². The molecule has 0 saturated carbocycles. The molecule has 0 heterocycles. The maximum absolute atomic E-state index is 11.1. The SMILES string of the molecule is CC(=[N])C(=O)c1ccccc1. The highest BCUT2D eigenvalue weighted by Gasteiger charge is 2.06. The molecule has 1 radical (unpaired) electrons. The Hall–Kier alpha value is -1.44. The van der Waals surface area contributed by atoms with Crippen molar-refractivity contribution in [3.05, 3.63) is 35.9 Å². The maximum atomic E-state index is 11.1. The Morgan fingerprint density at radius 3 is 2.27 bits per heavy atom. The van der Waals surface area contributed by atoms with Crippen molar-refractivity contribution < 1.29 is 4.79 Å². The highest BCUT2D eigenvalue weighted by atomic mass is 16.1. The van der Waals surface area contributed by atoms with Gasteiger partial charge in [0.05, 0.1) is 0 Å². The summed E-state index contributed by atoms with van der Waals surface area (Å²) >= 11 is 0. The van der Waals surface area contributed by atoms with Gasteiger partial charge in [0.2, 0.25) is 5.78 Å². The molecule has 0 aliphatic carbocycles. The van der Waals surface area contributed by atoms with Crippen LogP contribution in [0.15, 0.2) is 30.3 Å². The van der Waals surface area contributed by atoms with Gasteiger partial charge in [-0.05, 0) is 6.92 Å². The van der Waals surface area contributed by atoms with Crippen molar-refractivity contribution in [1.82, 2.24) is 5.41 Å². The first kappa shape index (κ1) is 7.66. The van der Waals surface area contributed by atoms with Gasteiger partial charge in [-0.2, -0.15) is 5.41 Å². The Kier molecular flexibility index (Phi) is 2.16. The maximum Gasteiger partial charge on any atom is 0.208 e. The number of hydrogen-bond acceptors (Lipinski definition) is 1. The van der Waals surface area contributed by atoms with Crippen LogP contribution in [-0.4, -0.2) is 11.5 Å². The normalized spacial score (nSPS) is 9.18. The summed E-state index contributed by atoms with van der Waals surface area (Å²) in [7, 11) is 0. The van der Waals surface area contributed by atoms with Crippen molar-refractivity contribution in [2.24, 2.45) is 0 Å². The van der Waals surface area contributed by atoms with Gasteiger partial charge in [-0.3, -0.25) is 4.79 Å². The summed E-state index contributed by atoms with van der Waals surface area (Å²) < 4.78 is 0. The van der Waals surface area contributed by atoms with Crippen LogP contribution in [-0.2, 0) is 0 Å². The highest BCUT2D eigenvalue weighted by Crippen LogP contribution is 1.99. The molecule has 0 fully saturated rings. The van der Waals surface area contributed by atoms with Crippen LogP contribution in [0, 0.1) is 0 Å². The lowest BCUT2D eigenvalue weighted by Crippen LogP contribution is -2.10. The minimum absolute atomic E-state index is 0.170. The Balaban J connectivity index is 2.95. The number of carbonyl (C=O) groups excluding carboxylic acids is 1. The quantitative estimate of drug-likeness (QED) is 0.455. The largest absolute Gasteiger partial charge is 0.287 e. The molecule has 0 aliphatic rings. The number of carbonyl (C=O) groups is 1. The van der Waals surface area contributed by atoms with Crippen LogP contribution < -0.4 is 5.41 Å². The van der Waals surface area contributed by atoms with Crippen molar-refractivity contribution >= 4 is 11.5 Å². The van der Waals surface area contributed by atoms with E-state index in [4.69, 9.17) is 5.41 Å². The molecule has 0 aromatic heterocycles. The van der Waals surface area contributed by atoms with Crippen molar-refractivity contribution in [2.45, 2.75) is 6.92 Å². The first-order chi connectivity index (χ1) is 5.22. The third-order valence-corrected chi connectivity index (χ3v) is 1.36. The molecule has 0 saturated heterocycles. The molecular weight excluding hydrogens is 138 g/mol. The summed E-state index contributed by atoms with van der Waals surface area (Å²) in [6.07, 6.45) is 0. The molecule has 11 heavy (non-hydrogen) atoms. The summed E-state index contributed by atoms with van der Waals surface area (Å²) in [4.78, 5) is 11.1. The molecule has 0 atom stereocenters. The molecule has 0 bridgehead atoms. The molecule has 2 heteroatoms. The van der Waals surface area contributed by atoms with E-state index < -0.39 is 0 Å². The molecule has 2 nitrogen and oxygen atoms in total. The second-order valence-electron chi connectivity index (χ2n) is 2.28. The number of ketones is 1. The van der Waals surface area contributed by atoms with Crippen molar-refractivity contribution in [3.8, 4) is 0 Å². The Morgan fingerprint density at radius 2 is 1.82 bits per heavy atom. The van der Waals surface area contributed by atoms with E-state index in [9.17, 15) is 4.79 Å². The minimum atomic E-state index is -0.314. The molecule has 1 aromatic rings. The van der Waals surface area contributed by atoms with Gasteiger partial charge in [0.15, 0.2) is 0 Å². The predicted molar refractivity (Wildman–Crippen MR) is 43.6 cm³/mol. The third-order valence-electron chi connectivity index (χ3n) is 1.36. The first-order valence-electron chi connectivity index (χ1n) is 3.34. The second-order valence-corrected chi connectivity index (χ2v) is 2.28. The van der Waals surface area contributed by atoms with Crippen LogP contribution in [0.4, 0.5) is 0 Å². The molecule has 0 aliphatic heterocycles. The third kappa shape index (κ3) is 1.74. The van der Waals surface area contributed by atoms with Gasteiger partial charge in [0.25, 0.3) is 0 Å². The van der Waals surface area contributed by atoms with Gasteiger partial charge in [0, 0.05) is 5.56 Å². The summed E-state index contributed by atoms with van der Waals surface area (Å²) in [5.74, 6) is -0.314. The minimum Gasteiger partial charge on any atom is -0.287 e. The van der Waals surface area contributed by atoms with Gasteiger partial charge in [0.1, 0.15) is 5.71 Å². The second kappa shape index (κ2) is 3.10. The van der Waals surface area contributed by atoms with E-state index in [1.807, 2.05) is 6.07 Å². The Morgan fingerprint density at radius 1 is 1.27 bits per heavy atom. The molecule has 1 rings (SSSR count). The lowest BCUT2D eigenvalue weighted by Gasteiger charge is -1.94. The molecule has 0 amide bonds. The number of benzene rings is 1. The van der Waals surface area contributed by atoms with Crippen molar-refractivity contribution in [2.75, 3.05) is 0 Å². The lowest BCUT2D eigenvalue weighted by molar-refractivity contribution is 0.106. The van der Waals surface area contributed by atoms with E-state index >= 15 is 0 Å². The molecule has 0 N–H and O–H groups in total. The molecule has 1 aromatic carbocycles. The topological polar surface area (TPSA) is 39.4 Å². The summed E-state index contributed by atoms with van der Waals surface area (Å²) in [6, 6.07) is 8.68. The fraction of sp³-hybridized carbons (Fsp3) is 0.111. The van der Waals surface area contributed by atoms with Crippen LogP contribution >= 0.6 is 0 Å². The number of hydrogen-bond donors (Lipinski definition) is 0. The lowest BCUT2D eigenvalue weighted by atomic mass is 10.1. The van der Waals surface area contributed by atoms with E-state index in [-0.39, 0.29) is 11.5 Å². The molecule has 0 spiro atoms. The van der Waals surface area contributed by atoms with E-state index in [0.29, 0.717) is 5.56 Å². The zero-order valence-electron chi connectivity index (χ0n) is 6.24. The van der Waals surface area contributed by atoms with E-state index in [2.05, 4.69) is 0 Å². The Labute approximate surface area is 65.4 Å². The van der Waals surface area contributed by atoms with Gasteiger partial charge in [-0.1, -0.05) is 30.3 Å².